The Balaban J connectivity index is 1.64. The Bertz CT molecular complexity index is 817. The van der Waals surface area contributed by atoms with Gasteiger partial charge >= 0.3 is 0 Å². The molecule has 1 N–H and O–H groups in total. The van der Waals surface area contributed by atoms with Crippen molar-refractivity contribution in [2.45, 2.75) is 44.7 Å². The molecule has 0 spiro atoms. The van der Waals surface area contributed by atoms with Crippen molar-refractivity contribution in [3.63, 3.8) is 0 Å². The number of para-hydroxylation sites is 1. The highest BCUT2D eigenvalue weighted by Crippen LogP contribution is 2.48. The van der Waals surface area contributed by atoms with E-state index in [2.05, 4.69) is 47.3 Å². The number of aromatic amines is 1. The van der Waals surface area contributed by atoms with Crippen LogP contribution in [0.3, 0.4) is 0 Å². The van der Waals surface area contributed by atoms with Crippen LogP contribution < -0.4 is 0 Å². The zero-order valence-corrected chi connectivity index (χ0v) is 13.5. The summed E-state index contributed by atoms with van der Waals surface area (Å²) in [6.07, 6.45) is 7.37. The van der Waals surface area contributed by atoms with Gasteiger partial charge in [0.15, 0.2) is 5.17 Å². The number of rotatable bonds is 1. The van der Waals surface area contributed by atoms with E-state index in [1.807, 2.05) is 11.8 Å². The second-order valence-corrected chi connectivity index (χ2v) is 7.64. The maximum Gasteiger partial charge on any atom is 0.169 e. The second-order valence-electron chi connectivity index (χ2n) is 6.46. The molecule has 1 saturated carbocycles. The predicted molar refractivity (Wildman–Crippen MR) is 93.8 cm³/mol. The molecular formula is C18H19N3S. The molecule has 5 rings (SSSR count). The van der Waals surface area contributed by atoms with Gasteiger partial charge in [0, 0.05) is 27.6 Å². The van der Waals surface area contributed by atoms with Crippen molar-refractivity contribution in [1.29, 1.82) is 0 Å². The van der Waals surface area contributed by atoms with E-state index >= 15 is 0 Å². The van der Waals surface area contributed by atoms with E-state index in [-0.39, 0.29) is 0 Å². The molecule has 2 aromatic rings. The third-order valence-electron chi connectivity index (χ3n) is 5.17. The van der Waals surface area contributed by atoms with Gasteiger partial charge in [0.2, 0.25) is 0 Å². The molecule has 0 unspecified atom stereocenters. The molecule has 112 valence electrons. The predicted octanol–water partition coefficient (Wildman–Crippen LogP) is 4.59. The third kappa shape index (κ3) is 1.67. The van der Waals surface area contributed by atoms with Crippen LogP contribution in [0.5, 0.6) is 0 Å². The number of allylic oxidation sites excluding steroid dienone is 1. The topological polar surface area (TPSA) is 31.4 Å². The summed E-state index contributed by atoms with van der Waals surface area (Å²) in [5, 5.41) is 2.55. The van der Waals surface area contributed by atoms with Crippen molar-refractivity contribution in [3.8, 4) is 0 Å². The molecule has 1 aromatic carbocycles. The number of aromatic nitrogens is 1. The molecule has 0 amide bonds. The Labute approximate surface area is 134 Å². The summed E-state index contributed by atoms with van der Waals surface area (Å²) in [6.45, 7) is 2.24. The van der Waals surface area contributed by atoms with E-state index in [9.17, 15) is 0 Å². The molecular weight excluding hydrogens is 290 g/mol. The van der Waals surface area contributed by atoms with Gasteiger partial charge in [-0.2, -0.15) is 0 Å². The van der Waals surface area contributed by atoms with Gasteiger partial charge < -0.3 is 9.88 Å². The molecule has 2 atom stereocenters. The van der Waals surface area contributed by atoms with Crippen LogP contribution in [0.1, 0.15) is 38.2 Å². The number of benzene rings is 1. The Kier molecular flexibility index (Phi) is 2.71. The lowest BCUT2D eigenvalue weighted by Gasteiger charge is -2.32. The Hall–Kier alpha value is -1.68. The van der Waals surface area contributed by atoms with E-state index in [0.717, 1.165) is 0 Å². The maximum absolute atomic E-state index is 5.02. The van der Waals surface area contributed by atoms with Gasteiger partial charge in [-0.1, -0.05) is 42.8 Å². The van der Waals surface area contributed by atoms with Gasteiger partial charge in [0.1, 0.15) is 0 Å². The highest BCUT2D eigenvalue weighted by Gasteiger charge is 2.44. The van der Waals surface area contributed by atoms with E-state index in [1.165, 1.54) is 57.9 Å². The number of amidine groups is 1. The van der Waals surface area contributed by atoms with Crippen LogP contribution in [-0.4, -0.2) is 27.1 Å². The number of thioether (sulfide) groups is 1. The molecule has 0 radical (unpaired) electrons. The van der Waals surface area contributed by atoms with E-state index in [4.69, 9.17) is 4.99 Å². The first-order chi connectivity index (χ1) is 10.8. The van der Waals surface area contributed by atoms with Crippen molar-refractivity contribution >= 4 is 33.5 Å². The summed E-state index contributed by atoms with van der Waals surface area (Å²) in [5.74, 6) is 0. The average molecular weight is 309 g/mol. The van der Waals surface area contributed by atoms with Crippen molar-refractivity contribution in [2.24, 2.45) is 4.99 Å². The Morgan fingerprint density at radius 3 is 3.05 bits per heavy atom. The number of aliphatic imine (C=N–C) groups is 1. The maximum atomic E-state index is 5.02. The lowest BCUT2D eigenvalue weighted by atomic mass is 9.90. The molecule has 0 saturated heterocycles. The number of H-pyrrole nitrogens is 1. The number of hydrogen-bond acceptors (Lipinski definition) is 3. The van der Waals surface area contributed by atoms with Crippen molar-refractivity contribution in [1.82, 2.24) is 9.88 Å². The fraction of sp³-hybridized carbons (Fsp3) is 0.389. The molecule has 3 heterocycles. The molecule has 1 fully saturated rings. The largest absolute Gasteiger partial charge is 0.360 e. The molecule has 1 aliphatic carbocycles. The monoisotopic (exact) mass is 309 g/mol. The van der Waals surface area contributed by atoms with Crippen molar-refractivity contribution in [2.75, 3.05) is 0 Å². The molecule has 3 aliphatic rings. The van der Waals surface area contributed by atoms with Crippen molar-refractivity contribution < 1.29 is 0 Å². The van der Waals surface area contributed by atoms with Gasteiger partial charge in [-0.25, -0.2) is 0 Å². The summed E-state index contributed by atoms with van der Waals surface area (Å²) in [6, 6.07) is 9.68. The minimum Gasteiger partial charge on any atom is -0.360 e. The Morgan fingerprint density at radius 1 is 1.23 bits per heavy atom. The quantitative estimate of drug-likeness (QED) is 0.835. The minimum absolute atomic E-state index is 0.518. The van der Waals surface area contributed by atoms with Crippen molar-refractivity contribution in [3.05, 3.63) is 40.9 Å². The standard InChI is InChI=1S/C18H19N3S/c1-11-17(13-10-19-14-7-3-2-6-12(13)14)21-16-9-5-4-8-15(16)20-18(21)22-11/h2-3,6-7,10,15-16,19H,4-5,8-9H2,1H3/t15-,16+/m0/s1. The van der Waals surface area contributed by atoms with Gasteiger partial charge in [-0.05, 0) is 25.8 Å². The highest BCUT2D eigenvalue weighted by atomic mass is 32.2. The third-order valence-corrected chi connectivity index (χ3v) is 6.16. The molecule has 1 aromatic heterocycles. The van der Waals surface area contributed by atoms with Crippen LogP contribution in [-0.2, 0) is 0 Å². The smallest absolute Gasteiger partial charge is 0.169 e. The molecule has 4 heteroatoms. The zero-order chi connectivity index (χ0) is 14.7. The average Bonchev–Trinajstić information content (AvgIpc) is 3.18. The summed E-state index contributed by atoms with van der Waals surface area (Å²) < 4.78 is 0. The van der Waals surface area contributed by atoms with Crippen LogP contribution in [0.4, 0.5) is 0 Å². The Morgan fingerprint density at radius 2 is 2.09 bits per heavy atom. The molecule has 0 bridgehead atoms. The van der Waals surface area contributed by atoms with Gasteiger partial charge in [0.05, 0.1) is 17.8 Å². The zero-order valence-electron chi connectivity index (χ0n) is 12.7. The first kappa shape index (κ1) is 12.8. The number of nitrogens with one attached hydrogen (secondary N) is 1. The van der Waals surface area contributed by atoms with Crippen LogP contribution in [0.15, 0.2) is 40.4 Å². The summed E-state index contributed by atoms with van der Waals surface area (Å²) in [5.41, 5.74) is 3.93. The molecule has 2 aliphatic heterocycles. The van der Waals surface area contributed by atoms with E-state index < -0.39 is 0 Å². The fourth-order valence-corrected chi connectivity index (χ4v) is 5.26. The first-order valence-electron chi connectivity index (χ1n) is 8.15. The lowest BCUT2D eigenvalue weighted by molar-refractivity contribution is 0.305. The van der Waals surface area contributed by atoms with Gasteiger partial charge in [-0.15, -0.1) is 0 Å². The van der Waals surface area contributed by atoms with Crippen LogP contribution in [0, 0.1) is 0 Å². The van der Waals surface area contributed by atoms with Crippen LogP contribution >= 0.6 is 11.8 Å². The van der Waals surface area contributed by atoms with E-state index in [1.54, 1.807) is 0 Å². The number of hydrogen-bond donors (Lipinski definition) is 1. The van der Waals surface area contributed by atoms with E-state index in [0.29, 0.717) is 12.1 Å². The SMILES string of the molecule is CC1=C(c2c[nH]c3ccccc23)N2C(=N[C@H]3CCCC[C@H]32)S1. The highest BCUT2D eigenvalue weighted by molar-refractivity contribution is 8.17. The second kappa shape index (κ2) is 4.66. The van der Waals surface area contributed by atoms with Crippen LogP contribution in [0.25, 0.3) is 16.6 Å². The fourth-order valence-electron chi connectivity index (χ4n) is 4.17. The lowest BCUT2D eigenvalue weighted by Crippen LogP contribution is -2.38. The summed E-state index contributed by atoms with van der Waals surface area (Å²) in [4.78, 5) is 12.4. The minimum atomic E-state index is 0.518. The number of nitrogens with zero attached hydrogens (tertiary/aromatic N) is 2. The van der Waals surface area contributed by atoms with Gasteiger partial charge in [0.25, 0.3) is 0 Å². The summed E-state index contributed by atoms with van der Waals surface area (Å²) in [7, 11) is 0. The molecule has 22 heavy (non-hydrogen) atoms. The van der Waals surface area contributed by atoms with Gasteiger partial charge in [-0.3, -0.25) is 4.99 Å². The molecule has 3 nitrogen and oxygen atoms in total. The van der Waals surface area contributed by atoms with Crippen LogP contribution in [0.2, 0.25) is 0 Å². The number of fused-ring (bicyclic) bond motifs is 4. The normalized spacial score (nSPS) is 27.3. The summed E-state index contributed by atoms with van der Waals surface area (Å²) >= 11 is 1.86. The first-order valence-corrected chi connectivity index (χ1v) is 8.97.